The van der Waals surface area contributed by atoms with Crippen molar-refractivity contribution in [3.8, 4) is 0 Å². The molecule has 2 amide bonds. The van der Waals surface area contributed by atoms with Gasteiger partial charge >= 0.3 is 0 Å². The molecule has 0 saturated heterocycles. The van der Waals surface area contributed by atoms with Crippen molar-refractivity contribution < 1.29 is 14.3 Å². The summed E-state index contributed by atoms with van der Waals surface area (Å²) in [6.45, 7) is 0.813. The van der Waals surface area contributed by atoms with E-state index in [1.54, 1.807) is 31.4 Å². The lowest BCUT2D eigenvalue weighted by molar-refractivity contribution is -0.136. The molecule has 1 aromatic carbocycles. The highest BCUT2D eigenvalue weighted by atomic mass is 35.5. The zero-order valence-electron chi connectivity index (χ0n) is 10.6. The Balaban J connectivity index is 2.22. The maximum Gasteiger partial charge on any atom is 0.273 e. The van der Waals surface area contributed by atoms with Crippen LogP contribution in [0.2, 0.25) is 0 Å². The molecule has 19 heavy (non-hydrogen) atoms. The van der Waals surface area contributed by atoms with Gasteiger partial charge in [-0.1, -0.05) is 41.9 Å². The summed E-state index contributed by atoms with van der Waals surface area (Å²) in [7, 11) is 1.58. The van der Waals surface area contributed by atoms with Crippen molar-refractivity contribution in [3.05, 3.63) is 40.9 Å². The topological polar surface area (TPSA) is 46.6 Å². The van der Waals surface area contributed by atoms with Gasteiger partial charge in [-0.15, -0.1) is 0 Å². The van der Waals surface area contributed by atoms with Gasteiger partial charge in [0.25, 0.3) is 11.8 Å². The predicted octanol–water partition coefficient (Wildman–Crippen LogP) is 2.04. The monoisotopic (exact) mass is 279 g/mol. The number of rotatable bonds is 5. The maximum absolute atomic E-state index is 12.2. The first-order valence-corrected chi connectivity index (χ1v) is 6.35. The van der Waals surface area contributed by atoms with Crippen LogP contribution < -0.4 is 0 Å². The average molecular weight is 280 g/mol. The van der Waals surface area contributed by atoms with Gasteiger partial charge in [0.1, 0.15) is 5.03 Å². The average Bonchev–Trinajstić information content (AvgIpc) is 2.64. The molecule has 0 bridgehead atoms. The Morgan fingerprint density at radius 3 is 2.47 bits per heavy atom. The Kier molecular flexibility index (Phi) is 4.35. The molecule has 0 aromatic heterocycles. The second kappa shape index (κ2) is 5.99. The van der Waals surface area contributed by atoms with Crippen molar-refractivity contribution in [1.82, 2.24) is 4.90 Å². The molecule has 0 fully saturated rings. The molecule has 100 valence electrons. The van der Waals surface area contributed by atoms with Crippen LogP contribution in [-0.2, 0) is 14.3 Å². The van der Waals surface area contributed by atoms with E-state index in [2.05, 4.69) is 0 Å². The SMILES string of the molecule is COCCCN1C(=O)C(Cl)=C(c2ccccc2)C1=O. The molecule has 5 heteroatoms. The molecule has 1 aliphatic rings. The summed E-state index contributed by atoms with van der Waals surface area (Å²) in [5, 5.41) is -0.00591. The minimum atomic E-state index is -0.429. The summed E-state index contributed by atoms with van der Waals surface area (Å²) < 4.78 is 4.91. The number of amides is 2. The normalized spacial score (nSPS) is 15.6. The van der Waals surface area contributed by atoms with Gasteiger partial charge in [0.05, 0.1) is 5.57 Å². The van der Waals surface area contributed by atoms with Crippen molar-refractivity contribution in [1.29, 1.82) is 0 Å². The van der Waals surface area contributed by atoms with Crippen molar-refractivity contribution in [2.24, 2.45) is 0 Å². The molecule has 0 aliphatic carbocycles. The van der Waals surface area contributed by atoms with Gasteiger partial charge in [-0.25, -0.2) is 0 Å². The van der Waals surface area contributed by atoms with E-state index in [-0.39, 0.29) is 16.5 Å². The first-order valence-electron chi connectivity index (χ1n) is 5.97. The standard InChI is InChI=1S/C14H14ClNO3/c1-19-9-5-8-16-13(17)11(12(15)14(16)18)10-6-3-2-4-7-10/h2-4,6-7H,5,8-9H2,1H3. The zero-order chi connectivity index (χ0) is 13.8. The number of halogens is 1. The molecular weight excluding hydrogens is 266 g/mol. The second-order valence-electron chi connectivity index (χ2n) is 4.16. The number of hydrogen-bond acceptors (Lipinski definition) is 3. The van der Waals surface area contributed by atoms with Crippen LogP contribution in [0.3, 0.4) is 0 Å². The van der Waals surface area contributed by atoms with Gasteiger partial charge in [-0.3, -0.25) is 14.5 Å². The number of benzene rings is 1. The smallest absolute Gasteiger partial charge is 0.273 e. The molecule has 0 N–H and O–H groups in total. The van der Waals surface area contributed by atoms with Crippen LogP contribution in [0.25, 0.3) is 5.57 Å². The zero-order valence-corrected chi connectivity index (χ0v) is 11.3. The first kappa shape index (κ1) is 13.8. The molecule has 1 aromatic rings. The third kappa shape index (κ3) is 2.69. The molecule has 0 radical (unpaired) electrons. The highest BCUT2D eigenvalue weighted by Crippen LogP contribution is 2.31. The quantitative estimate of drug-likeness (QED) is 0.612. The fourth-order valence-corrected chi connectivity index (χ4v) is 2.26. The lowest BCUT2D eigenvalue weighted by Crippen LogP contribution is -2.32. The van der Waals surface area contributed by atoms with Crippen molar-refractivity contribution >= 4 is 29.0 Å². The molecule has 1 heterocycles. The van der Waals surface area contributed by atoms with Crippen LogP contribution in [-0.4, -0.2) is 37.0 Å². The summed E-state index contributed by atoms with van der Waals surface area (Å²) in [5.74, 6) is -0.765. The van der Waals surface area contributed by atoms with E-state index in [9.17, 15) is 9.59 Å². The van der Waals surface area contributed by atoms with Gasteiger partial charge < -0.3 is 4.74 Å². The lowest BCUT2D eigenvalue weighted by atomic mass is 10.1. The fraction of sp³-hybridized carbons (Fsp3) is 0.286. The molecule has 0 unspecified atom stereocenters. The summed E-state index contributed by atoms with van der Waals surface area (Å²) in [6.07, 6.45) is 0.597. The van der Waals surface area contributed by atoms with E-state index < -0.39 is 5.91 Å². The van der Waals surface area contributed by atoms with E-state index in [0.29, 0.717) is 25.1 Å². The van der Waals surface area contributed by atoms with Gasteiger partial charge in [0.2, 0.25) is 0 Å². The lowest BCUT2D eigenvalue weighted by Gasteiger charge is -2.14. The van der Waals surface area contributed by atoms with Gasteiger partial charge in [0.15, 0.2) is 0 Å². The summed E-state index contributed by atoms with van der Waals surface area (Å²) in [4.78, 5) is 25.4. The molecule has 0 atom stereocenters. The van der Waals surface area contributed by atoms with Gasteiger partial charge in [0, 0.05) is 20.3 Å². The van der Waals surface area contributed by atoms with E-state index in [1.165, 1.54) is 4.90 Å². The van der Waals surface area contributed by atoms with Crippen LogP contribution in [0.4, 0.5) is 0 Å². The van der Waals surface area contributed by atoms with Crippen molar-refractivity contribution in [2.75, 3.05) is 20.3 Å². The molecule has 0 saturated carbocycles. The number of carbonyl (C=O) groups excluding carboxylic acids is 2. The van der Waals surface area contributed by atoms with Crippen LogP contribution in [0, 0.1) is 0 Å². The highest BCUT2D eigenvalue weighted by Gasteiger charge is 2.37. The number of ether oxygens (including phenoxy) is 1. The first-order chi connectivity index (χ1) is 9.16. The fourth-order valence-electron chi connectivity index (χ4n) is 1.97. The summed E-state index contributed by atoms with van der Waals surface area (Å²) >= 11 is 6.00. The Bertz CT molecular complexity index is 525. The maximum atomic E-state index is 12.2. The number of methoxy groups -OCH3 is 1. The summed E-state index contributed by atoms with van der Waals surface area (Å²) in [6, 6.07) is 8.98. The molecule has 2 rings (SSSR count). The van der Waals surface area contributed by atoms with Crippen LogP contribution >= 0.6 is 11.6 Å². The Morgan fingerprint density at radius 2 is 1.84 bits per heavy atom. The molecular formula is C14H14ClNO3. The summed E-state index contributed by atoms with van der Waals surface area (Å²) in [5.41, 5.74) is 0.949. The predicted molar refractivity (Wildman–Crippen MR) is 72.4 cm³/mol. The largest absolute Gasteiger partial charge is 0.385 e. The van der Waals surface area contributed by atoms with Crippen LogP contribution in [0.1, 0.15) is 12.0 Å². The van der Waals surface area contributed by atoms with Crippen molar-refractivity contribution in [3.63, 3.8) is 0 Å². The number of imide groups is 1. The minimum Gasteiger partial charge on any atom is -0.385 e. The highest BCUT2D eigenvalue weighted by molar-refractivity contribution is 6.55. The second-order valence-corrected chi connectivity index (χ2v) is 4.54. The third-order valence-electron chi connectivity index (χ3n) is 2.90. The van der Waals surface area contributed by atoms with Gasteiger partial charge in [-0.05, 0) is 12.0 Å². The number of nitrogens with zero attached hydrogens (tertiary/aromatic N) is 1. The Labute approximate surface area is 116 Å². The number of hydrogen-bond donors (Lipinski definition) is 0. The van der Waals surface area contributed by atoms with E-state index in [0.717, 1.165) is 0 Å². The van der Waals surface area contributed by atoms with E-state index in [1.807, 2.05) is 6.07 Å². The van der Waals surface area contributed by atoms with E-state index in [4.69, 9.17) is 16.3 Å². The minimum absolute atomic E-state index is 0.00591. The molecule has 0 spiro atoms. The third-order valence-corrected chi connectivity index (χ3v) is 3.25. The van der Waals surface area contributed by atoms with Gasteiger partial charge in [-0.2, -0.15) is 0 Å². The van der Waals surface area contributed by atoms with E-state index >= 15 is 0 Å². The Morgan fingerprint density at radius 1 is 1.16 bits per heavy atom. The molecule has 4 nitrogen and oxygen atoms in total. The molecule has 1 aliphatic heterocycles. The van der Waals surface area contributed by atoms with Crippen LogP contribution in [0.5, 0.6) is 0 Å². The number of carbonyl (C=O) groups is 2. The Hall–Kier alpha value is -1.65. The van der Waals surface area contributed by atoms with Crippen LogP contribution in [0.15, 0.2) is 35.4 Å². The van der Waals surface area contributed by atoms with Crippen molar-refractivity contribution in [2.45, 2.75) is 6.42 Å².